The van der Waals surface area contributed by atoms with Gasteiger partial charge in [-0.05, 0) is 61.3 Å². The summed E-state index contributed by atoms with van der Waals surface area (Å²) in [5.74, 6) is 0. The van der Waals surface area contributed by atoms with Gasteiger partial charge in [0.2, 0.25) is 0 Å². The molecule has 0 aliphatic carbocycles. The third-order valence-corrected chi connectivity index (χ3v) is 5.16. The van der Waals surface area contributed by atoms with Gasteiger partial charge in [-0.2, -0.15) is 0 Å². The largest absolute Gasteiger partial charge is 0.362 e. The van der Waals surface area contributed by atoms with E-state index >= 15 is 0 Å². The van der Waals surface area contributed by atoms with Gasteiger partial charge < -0.3 is 10.6 Å². The standard InChI is InChI=1S/C22H29N3S/c26-22(23-14-13-19-7-3-1-4-8-19)24-17-20-9-11-21(12-10-20)18-25-15-5-2-6-16-25/h1,3-4,7-12H,2,5-6,13-18H2,(H2,23,24,26). The topological polar surface area (TPSA) is 27.3 Å². The molecule has 0 atom stereocenters. The summed E-state index contributed by atoms with van der Waals surface area (Å²) in [6, 6.07) is 19.4. The Morgan fingerprint density at radius 1 is 0.808 bits per heavy atom. The summed E-state index contributed by atoms with van der Waals surface area (Å²) >= 11 is 5.37. The number of hydrogen-bond acceptors (Lipinski definition) is 2. The molecule has 2 aromatic rings. The maximum Gasteiger partial charge on any atom is 0.166 e. The quantitative estimate of drug-likeness (QED) is 0.726. The molecule has 1 heterocycles. The predicted octanol–water partition coefficient (Wildman–Crippen LogP) is 3.88. The highest BCUT2D eigenvalue weighted by atomic mass is 32.1. The lowest BCUT2D eigenvalue weighted by Gasteiger charge is -2.26. The van der Waals surface area contributed by atoms with Crippen molar-refractivity contribution in [1.82, 2.24) is 15.5 Å². The van der Waals surface area contributed by atoms with Crippen LogP contribution in [-0.4, -0.2) is 29.6 Å². The fraction of sp³-hybridized carbons (Fsp3) is 0.409. The van der Waals surface area contributed by atoms with Crippen molar-refractivity contribution in [3.05, 3.63) is 71.3 Å². The number of piperidine rings is 1. The van der Waals surface area contributed by atoms with E-state index in [2.05, 4.69) is 64.1 Å². The van der Waals surface area contributed by atoms with Crippen LogP contribution >= 0.6 is 12.2 Å². The summed E-state index contributed by atoms with van der Waals surface area (Å²) < 4.78 is 0. The Bertz CT molecular complexity index is 664. The second kappa shape index (κ2) is 10.3. The van der Waals surface area contributed by atoms with E-state index in [4.69, 9.17) is 12.2 Å². The molecule has 0 bridgehead atoms. The Hall–Kier alpha value is -1.91. The number of rotatable bonds is 7. The number of likely N-dealkylation sites (tertiary alicyclic amines) is 1. The van der Waals surface area contributed by atoms with Crippen LogP contribution in [0.15, 0.2) is 54.6 Å². The average Bonchev–Trinajstić information content (AvgIpc) is 2.69. The van der Waals surface area contributed by atoms with E-state index in [0.717, 1.165) is 31.2 Å². The Morgan fingerprint density at radius 3 is 2.23 bits per heavy atom. The maximum absolute atomic E-state index is 5.37. The van der Waals surface area contributed by atoms with Gasteiger partial charge in [-0.15, -0.1) is 0 Å². The highest BCUT2D eigenvalue weighted by Gasteiger charge is 2.10. The average molecular weight is 368 g/mol. The second-order valence-electron chi connectivity index (χ2n) is 7.00. The summed E-state index contributed by atoms with van der Waals surface area (Å²) in [5, 5.41) is 7.30. The van der Waals surface area contributed by atoms with Crippen LogP contribution in [-0.2, 0) is 19.5 Å². The Balaban J connectivity index is 1.35. The van der Waals surface area contributed by atoms with Crippen molar-refractivity contribution >= 4 is 17.3 Å². The van der Waals surface area contributed by atoms with Crippen LogP contribution < -0.4 is 10.6 Å². The van der Waals surface area contributed by atoms with Crippen molar-refractivity contribution < 1.29 is 0 Å². The highest BCUT2D eigenvalue weighted by molar-refractivity contribution is 7.80. The highest BCUT2D eigenvalue weighted by Crippen LogP contribution is 2.13. The summed E-state index contributed by atoms with van der Waals surface area (Å²) in [6.45, 7) is 5.18. The van der Waals surface area contributed by atoms with Gasteiger partial charge in [0.25, 0.3) is 0 Å². The fourth-order valence-corrected chi connectivity index (χ4v) is 3.52. The smallest absolute Gasteiger partial charge is 0.166 e. The number of nitrogens with zero attached hydrogens (tertiary/aromatic N) is 1. The molecule has 0 spiro atoms. The molecule has 3 rings (SSSR count). The van der Waals surface area contributed by atoms with Crippen LogP contribution in [0.1, 0.15) is 36.0 Å². The minimum atomic E-state index is 0.721. The minimum absolute atomic E-state index is 0.721. The molecule has 0 aromatic heterocycles. The van der Waals surface area contributed by atoms with E-state index in [-0.39, 0.29) is 0 Å². The van der Waals surface area contributed by atoms with E-state index in [9.17, 15) is 0 Å². The second-order valence-corrected chi connectivity index (χ2v) is 7.41. The summed E-state index contributed by atoms with van der Waals surface area (Å²) in [5.41, 5.74) is 3.99. The molecule has 0 unspecified atom stereocenters. The van der Waals surface area contributed by atoms with Gasteiger partial charge in [0, 0.05) is 19.6 Å². The van der Waals surface area contributed by atoms with Crippen LogP contribution in [0.5, 0.6) is 0 Å². The molecule has 1 saturated heterocycles. The number of hydrogen-bond donors (Lipinski definition) is 2. The Labute approximate surface area is 162 Å². The predicted molar refractivity (Wildman–Crippen MR) is 113 cm³/mol. The van der Waals surface area contributed by atoms with Crippen molar-refractivity contribution in [1.29, 1.82) is 0 Å². The first kappa shape index (κ1) is 18.9. The molecule has 1 aliphatic heterocycles. The van der Waals surface area contributed by atoms with E-state index in [1.54, 1.807) is 0 Å². The Morgan fingerprint density at radius 2 is 1.50 bits per heavy atom. The molecular formula is C22H29N3S. The third kappa shape index (κ3) is 6.43. The van der Waals surface area contributed by atoms with E-state index < -0.39 is 0 Å². The SMILES string of the molecule is S=C(NCCc1ccccc1)NCc1ccc(CN2CCCCC2)cc1. The van der Waals surface area contributed by atoms with Crippen molar-refractivity contribution in [2.45, 2.75) is 38.8 Å². The van der Waals surface area contributed by atoms with Crippen LogP contribution in [0.2, 0.25) is 0 Å². The van der Waals surface area contributed by atoms with Gasteiger partial charge in [-0.25, -0.2) is 0 Å². The van der Waals surface area contributed by atoms with Crippen molar-refractivity contribution in [2.24, 2.45) is 0 Å². The zero-order valence-corrected chi connectivity index (χ0v) is 16.2. The molecule has 3 nitrogen and oxygen atoms in total. The van der Waals surface area contributed by atoms with E-state index in [1.807, 2.05) is 6.07 Å². The third-order valence-electron chi connectivity index (χ3n) is 4.87. The number of nitrogens with one attached hydrogen (secondary N) is 2. The first-order valence-corrected chi connectivity index (χ1v) is 10.1. The minimum Gasteiger partial charge on any atom is -0.362 e. The lowest BCUT2D eigenvalue weighted by Crippen LogP contribution is -2.35. The van der Waals surface area contributed by atoms with Gasteiger partial charge in [0.1, 0.15) is 0 Å². The monoisotopic (exact) mass is 367 g/mol. The molecule has 1 aliphatic rings. The normalized spacial score (nSPS) is 14.8. The van der Waals surface area contributed by atoms with Crippen LogP contribution in [0.25, 0.3) is 0 Å². The summed E-state index contributed by atoms with van der Waals surface area (Å²) in [7, 11) is 0. The lowest BCUT2D eigenvalue weighted by atomic mass is 10.1. The summed E-state index contributed by atoms with van der Waals surface area (Å²) in [6.07, 6.45) is 5.06. The molecular weight excluding hydrogens is 338 g/mol. The van der Waals surface area contributed by atoms with Crippen molar-refractivity contribution in [2.75, 3.05) is 19.6 Å². The van der Waals surface area contributed by atoms with Gasteiger partial charge in [0.15, 0.2) is 5.11 Å². The van der Waals surface area contributed by atoms with Gasteiger partial charge in [-0.1, -0.05) is 61.0 Å². The number of benzene rings is 2. The molecule has 26 heavy (non-hydrogen) atoms. The van der Waals surface area contributed by atoms with Crippen molar-refractivity contribution in [3.63, 3.8) is 0 Å². The first-order valence-electron chi connectivity index (χ1n) is 9.65. The molecule has 1 fully saturated rings. The van der Waals surface area contributed by atoms with Gasteiger partial charge in [0.05, 0.1) is 0 Å². The Kier molecular flexibility index (Phi) is 7.47. The maximum atomic E-state index is 5.37. The van der Waals surface area contributed by atoms with E-state index in [1.165, 1.54) is 49.0 Å². The van der Waals surface area contributed by atoms with Gasteiger partial charge >= 0.3 is 0 Å². The van der Waals surface area contributed by atoms with Gasteiger partial charge in [-0.3, -0.25) is 4.90 Å². The molecule has 2 N–H and O–H groups in total. The molecule has 0 saturated carbocycles. The molecule has 2 aromatic carbocycles. The van der Waals surface area contributed by atoms with Crippen molar-refractivity contribution in [3.8, 4) is 0 Å². The zero-order valence-electron chi connectivity index (χ0n) is 15.4. The van der Waals surface area contributed by atoms with Crippen LogP contribution in [0, 0.1) is 0 Å². The van der Waals surface area contributed by atoms with E-state index in [0.29, 0.717) is 0 Å². The lowest BCUT2D eigenvalue weighted by molar-refractivity contribution is 0.221. The first-order chi connectivity index (χ1) is 12.8. The molecule has 0 amide bonds. The fourth-order valence-electron chi connectivity index (χ4n) is 3.35. The zero-order chi connectivity index (χ0) is 18.0. The summed E-state index contributed by atoms with van der Waals surface area (Å²) in [4.78, 5) is 2.56. The molecule has 138 valence electrons. The molecule has 0 radical (unpaired) electrons. The van der Waals surface area contributed by atoms with Crippen LogP contribution in [0.4, 0.5) is 0 Å². The van der Waals surface area contributed by atoms with Crippen LogP contribution in [0.3, 0.4) is 0 Å². The number of thiocarbonyl (C=S) groups is 1. The molecule has 4 heteroatoms.